The van der Waals surface area contributed by atoms with E-state index < -0.39 is 0 Å². The summed E-state index contributed by atoms with van der Waals surface area (Å²) in [6.07, 6.45) is 2.54. The minimum absolute atomic E-state index is 0.0215. The second kappa shape index (κ2) is 9.00. The van der Waals surface area contributed by atoms with Gasteiger partial charge in [0.25, 0.3) is 5.91 Å². The fraction of sp³-hybridized carbons (Fsp3) is 0.333. The molecule has 27 heavy (non-hydrogen) atoms. The van der Waals surface area contributed by atoms with Gasteiger partial charge in [-0.25, -0.2) is 4.39 Å². The molecule has 2 aromatic rings. The van der Waals surface area contributed by atoms with E-state index in [0.717, 1.165) is 18.4 Å². The van der Waals surface area contributed by atoms with Gasteiger partial charge in [0.15, 0.2) is 0 Å². The number of carbonyl (C=O) groups excluding carboxylic acids is 2. The van der Waals surface area contributed by atoms with Crippen molar-refractivity contribution in [3.8, 4) is 0 Å². The molecule has 1 aliphatic heterocycles. The molecule has 0 aliphatic carbocycles. The highest BCUT2D eigenvalue weighted by atomic mass is 35.5. The summed E-state index contributed by atoms with van der Waals surface area (Å²) in [5.41, 5.74) is 1.57. The van der Waals surface area contributed by atoms with E-state index in [1.807, 2.05) is 24.3 Å². The van der Waals surface area contributed by atoms with Crippen molar-refractivity contribution in [2.45, 2.75) is 31.7 Å². The van der Waals surface area contributed by atoms with Crippen LogP contribution in [0.4, 0.5) is 4.39 Å². The number of amides is 2. The van der Waals surface area contributed by atoms with Crippen molar-refractivity contribution < 1.29 is 14.0 Å². The van der Waals surface area contributed by atoms with Gasteiger partial charge in [0.2, 0.25) is 5.91 Å². The van der Waals surface area contributed by atoms with Crippen molar-refractivity contribution >= 4 is 23.4 Å². The standard InChI is InChI=1S/C21H22ClFN2O2/c22-17-6-1-15(2-7-17)3-10-20(26)24-19-11-13-25(14-12-19)21(27)16-4-8-18(23)9-5-16/h1-2,4-9,19H,3,10-14H2,(H,24,26). The van der Waals surface area contributed by atoms with Gasteiger partial charge in [0.1, 0.15) is 5.82 Å². The molecule has 2 amide bonds. The van der Waals surface area contributed by atoms with Gasteiger partial charge >= 0.3 is 0 Å². The second-order valence-electron chi connectivity index (χ2n) is 6.77. The highest BCUT2D eigenvalue weighted by Crippen LogP contribution is 2.15. The van der Waals surface area contributed by atoms with E-state index in [1.54, 1.807) is 4.90 Å². The molecule has 0 bridgehead atoms. The lowest BCUT2D eigenvalue weighted by Crippen LogP contribution is -2.46. The molecule has 0 saturated carbocycles. The first-order valence-corrected chi connectivity index (χ1v) is 9.48. The van der Waals surface area contributed by atoms with E-state index >= 15 is 0 Å². The zero-order valence-corrected chi connectivity index (χ0v) is 15.7. The Morgan fingerprint density at radius 1 is 1.04 bits per heavy atom. The van der Waals surface area contributed by atoms with Crippen molar-refractivity contribution in [3.63, 3.8) is 0 Å². The van der Waals surface area contributed by atoms with Gasteiger partial charge in [-0.1, -0.05) is 23.7 Å². The first kappa shape index (κ1) is 19.4. The van der Waals surface area contributed by atoms with Gasteiger partial charge in [-0.3, -0.25) is 9.59 Å². The molecular formula is C21H22ClFN2O2. The Morgan fingerprint density at radius 3 is 2.30 bits per heavy atom. The molecule has 1 fully saturated rings. The topological polar surface area (TPSA) is 49.4 Å². The molecule has 0 aromatic heterocycles. The molecule has 0 spiro atoms. The van der Waals surface area contributed by atoms with E-state index in [1.165, 1.54) is 24.3 Å². The smallest absolute Gasteiger partial charge is 0.253 e. The van der Waals surface area contributed by atoms with Crippen LogP contribution in [0.15, 0.2) is 48.5 Å². The second-order valence-corrected chi connectivity index (χ2v) is 7.20. The van der Waals surface area contributed by atoms with Gasteiger partial charge < -0.3 is 10.2 Å². The van der Waals surface area contributed by atoms with Crippen LogP contribution < -0.4 is 5.32 Å². The Morgan fingerprint density at radius 2 is 1.67 bits per heavy atom. The first-order valence-electron chi connectivity index (χ1n) is 9.10. The number of benzene rings is 2. The van der Waals surface area contributed by atoms with Gasteiger partial charge in [-0.15, -0.1) is 0 Å². The number of aryl methyl sites for hydroxylation is 1. The number of hydrogen-bond donors (Lipinski definition) is 1. The highest BCUT2D eigenvalue weighted by Gasteiger charge is 2.24. The van der Waals surface area contributed by atoms with Crippen LogP contribution in [0.1, 0.15) is 35.2 Å². The summed E-state index contributed by atoms with van der Waals surface area (Å²) in [5.74, 6) is -0.428. The van der Waals surface area contributed by atoms with Crippen molar-refractivity contribution in [1.82, 2.24) is 10.2 Å². The lowest BCUT2D eigenvalue weighted by Gasteiger charge is -2.32. The number of likely N-dealkylation sites (tertiary alicyclic amines) is 1. The normalized spacial score (nSPS) is 14.8. The molecule has 4 nitrogen and oxygen atoms in total. The lowest BCUT2D eigenvalue weighted by atomic mass is 10.0. The van der Waals surface area contributed by atoms with Gasteiger partial charge in [-0.05, 0) is 61.2 Å². The maximum atomic E-state index is 13.0. The van der Waals surface area contributed by atoms with Crippen LogP contribution in [0, 0.1) is 5.82 Å². The summed E-state index contributed by atoms with van der Waals surface area (Å²) in [5, 5.41) is 3.74. The van der Waals surface area contributed by atoms with Crippen molar-refractivity contribution in [2.24, 2.45) is 0 Å². The van der Waals surface area contributed by atoms with E-state index in [0.29, 0.717) is 36.5 Å². The van der Waals surface area contributed by atoms with Crippen LogP contribution in [-0.4, -0.2) is 35.8 Å². The van der Waals surface area contributed by atoms with Crippen LogP contribution in [0.3, 0.4) is 0 Å². The maximum Gasteiger partial charge on any atom is 0.253 e. The third kappa shape index (κ3) is 5.54. The minimum atomic E-state index is -0.355. The largest absolute Gasteiger partial charge is 0.353 e. The Labute approximate surface area is 163 Å². The highest BCUT2D eigenvalue weighted by molar-refractivity contribution is 6.30. The quantitative estimate of drug-likeness (QED) is 0.846. The van der Waals surface area contributed by atoms with Gasteiger partial charge in [0, 0.05) is 36.1 Å². The van der Waals surface area contributed by atoms with E-state index in [4.69, 9.17) is 11.6 Å². The van der Waals surface area contributed by atoms with Crippen molar-refractivity contribution in [3.05, 3.63) is 70.5 Å². The third-order valence-corrected chi connectivity index (χ3v) is 5.04. The van der Waals surface area contributed by atoms with Crippen LogP contribution in [0.5, 0.6) is 0 Å². The zero-order chi connectivity index (χ0) is 19.2. The number of piperidine rings is 1. The zero-order valence-electron chi connectivity index (χ0n) is 15.0. The molecule has 0 radical (unpaired) electrons. The molecule has 2 aromatic carbocycles. The summed E-state index contributed by atoms with van der Waals surface area (Å²) in [4.78, 5) is 26.4. The third-order valence-electron chi connectivity index (χ3n) is 4.79. The summed E-state index contributed by atoms with van der Waals surface area (Å²) < 4.78 is 13.0. The average Bonchev–Trinajstić information content (AvgIpc) is 2.68. The maximum absolute atomic E-state index is 13.0. The molecule has 142 valence electrons. The molecule has 1 heterocycles. The van der Waals surface area contributed by atoms with Crippen LogP contribution in [-0.2, 0) is 11.2 Å². The van der Waals surface area contributed by atoms with Gasteiger partial charge in [-0.2, -0.15) is 0 Å². The molecule has 0 atom stereocenters. The molecule has 1 aliphatic rings. The van der Waals surface area contributed by atoms with Crippen molar-refractivity contribution in [2.75, 3.05) is 13.1 Å². The number of rotatable bonds is 5. The number of carbonyl (C=O) groups is 2. The summed E-state index contributed by atoms with van der Waals surface area (Å²) in [7, 11) is 0. The van der Waals surface area contributed by atoms with Crippen LogP contribution in [0.2, 0.25) is 5.02 Å². The molecule has 1 saturated heterocycles. The molecule has 6 heteroatoms. The predicted molar refractivity (Wildman–Crippen MR) is 103 cm³/mol. The fourth-order valence-corrected chi connectivity index (χ4v) is 3.34. The molecule has 1 N–H and O–H groups in total. The predicted octanol–water partition coefficient (Wildman–Crippen LogP) is 3.83. The SMILES string of the molecule is O=C(CCc1ccc(Cl)cc1)NC1CCN(C(=O)c2ccc(F)cc2)CC1. The summed E-state index contributed by atoms with van der Waals surface area (Å²) in [6.45, 7) is 1.16. The Kier molecular flexibility index (Phi) is 6.45. The Balaban J connectivity index is 1.42. The summed E-state index contributed by atoms with van der Waals surface area (Å²) >= 11 is 5.86. The van der Waals surface area contributed by atoms with E-state index in [-0.39, 0.29) is 23.7 Å². The fourth-order valence-electron chi connectivity index (χ4n) is 3.21. The van der Waals surface area contributed by atoms with Gasteiger partial charge in [0.05, 0.1) is 0 Å². The van der Waals surface area contributed by atoms with E-state index in [9.17, 15) is 14.0 Å². The van der Waals surface area contributed by atoms with E-state index in [2.05, 4.69) is 5.32 Å². The summed E-state index contributed by atoms with van der Waals surface area (Å²) in [6, 6.07) is 13.2. The molecular weight excluding hydrogens is 367 g/mol. The first-order chi connectivity index (χ1) is 13.0. The van der Waals surface area contributed by atoms with Crippen LogP contribution >= 0.6 is 11.6 Å². The Hall–Kier alpha value is -2.40. The molecule has 3 rings (SSSR count). The number of nitrogens with one attached hydrogen (secondary N) is 1. The monoisotopic (exact) mass is 388 g/mol. The number of nitrogens with zero attached hydrogens (tertiary/aromatic N) is 1. The Bertz CT molecular complexity index is 785. The minimum Gasteiger partial charge on any atom is -0.353 e. The molecule has 0 unspecified atom stereocenters. The van der Waals surface area contributed by atoms with Crippen LogP contribution in [0.25, 0.3) is 0 Å². The number of halogens is 2. The average molecular weight is 389 g/mol. The number of hydrogen-bond acceptors (Lipinski definition) is 2. The lowest BCUT2D eigenvalue weighted by molar-refractivity contribution is -0.122. The van der Waals surface area contributed by atoms with Crippen molar-refractivity contribution in [1.29, 1.82) is 0 Å².